The highest BCUT2D eigenvalue weighted by atomic mass is 16.5. The molecular weight excluding hydrogens is 360 g/mol. The van der Waals surface area contributed by atoms with Gasteiger partial charge in [-0.15, -0.1) is 0 Å². The largest absolute Gasteiger partial charge is 0.451 e. The van der Waals surface area contributed by atoms with Crippen LogP contribution in [0.25, 0.3) is 11.0 Å². The van der Waals surface area contributed by atoms with E-state index in [0.717, 1.165) is 31.2 Å². The van der Waals surface area contributed by atoms with E-state index >= 15 is 0 Å². The topological polar surface area (TPSA) is 98.4 Å². The molecule has 2 amide bonds. The molecule has 1 aromatic carbocycles. The van der Waals surface area contributed by atoms with Crippen LogP contribution in [-0.2, 0) is 16.1 Å². The van der Waals surface area contributed by atoms with E-state index < -0.39 is 0 Å². The van der Waals surface area contributed by atoms with Crippen molar-refractivity contribution in [2.75, 3.05) is 18.5 Å². The zero-order chi connectivity index (χ0) is 19.3. The molecule has 3 aromatic rings. The maximum absolute atomic E-state index is 12.3. The molecule has 1 aliphatic heterocycles. The van der Waals surface area contributed by atoms with Crippen LogP contribution >= 0.6 is 0 Å². The maximum atomic E-state index is 12.3. The summed E-state index contributed by atoms with van der Waals surface area (Å²) in [7, 11) is 0. The van der Waals surface area contributed by atoms with E-state index in [1.54, 1.807) is 30.5 Å². The lowest BCUT2D eigenvalue weighted by Gasteiger charge is -2.10. The average Bonchev–Trinajstić information content (AvgIpc) is 3.46. The van der Waals surface area contributed by atoms with E-state index in [9.17, 15) is 9.59 Å². The number of carbonyl (C=O) groups is 2. The number of hydrogen-bond donors (Lipinski definition) is 2. The zero-order valence-corrected chi connectivity index (χ0v) is 15.4. The number of ether oxygens (including phenoxy) is 1. The molecule has 0 aliphatic carbocycles. The molecule has 1 unspecified atom stereocenters. The van der Waals surface area contributed by atoms with Crippen molar-refractivity contribution >= 4 is 28.5 Å². The van der Waals surface area contributed by atoms with E-state index in [4.69, 9.17) is 9.15 Å². The number of fused-ring (bicyclic) bond motifs is 1. The molecule has 2 aromatic heterocycles. The van der Waals surface area contributed by atoms with E-state index in [1.807, 2.05) is 16.9 Å². The number of furan rings is 1. The Labute approximate surface area is 161 Å². The summed E-state index contributed by atoms with van der Waals surface area (Å²) in [5.74, 6) is -0.159. The van der Waals surface area contributed by atoms with Gasteiger partial charge in [0.15, 0.2) is 5.76 Å². The first kappa shape index (κ1) is 18.2. The quantitative estimate of drug-likeness (QED) is 0.612. The van der Waals surface area contributed by atoms with Crippen molar-refractivity contribution < 1.29 is 18.7 Å². The minimum absolute atomic E-state index is 0.143. The fraction of sp³-hybridized carbons (Fsp3) is 0.350. The van der Waals surface area contributed by atoms with Crippen LogP contribution in [0.5, 0.6) is 0 Å². The molecule has 8 nitrogen and oxygen atoms in total. The Morgan fingerprint density at radius 3 is 3.00 bits per heavy atom. The lowest BCUT2D eigenvalue weighted by atomic mass is 10.2. The second-order valence-electron chi connectivity index (χ2n) is 6.73. The number of aromatic nitrogens is 2. The van der Waals surface area contributed by atoms with E-state index in [2.05, 4.69) is 15.7 Å². The Balaban J connectivity index is 1.34. The van der Waals surface area contributed by atoms with Crippen molar-refractivity contribution in [3.63, 3.8) is 0 Å². The lowest BCUT2D eigenvalue weighted by Crippen LogP contribution is -2.26. The molecule has 2 N–H and O–H groups in total. The van der Waals surface area contributed by atoms with Crippen LogP contribution in [0.15, 0.2) is 47.1 Å². The normalized spacial score (nSPS) is 16.4. The Morgan fingerprint density at radius 1 is 1.29 bits per heavy atom. The Kier molecular flexibility index (Phi) is 5.38. The first-order chi connectivity index (χ1) is 13.7. The standard InChI is InChI=1S/C20H22N4O4/c25-19(21-7-2-9-24-10-3-8-22-24)18-13-14-12-15(5-6-16(14)28-18)23-20(26)17-4-1-11-27-17/h3,5-6,8,10,12-13,17H,1-2,4,7,9,11H2,(H,21,25)(H,23,26). The maximum Gasteiger partial charge on any atom is 0.287 e. The molecule has 1 fully saturated rings. The summed E-state index contributed by atoms with van der Waals surface area (Å²) in [5.41, 5.74) is 1.25. The second-order valence-corrected chi connectivity index (χ2v) is 6.73. The van der Waals surface area contributed by atoms with Crippen LogP contribution < -0.4 is 10.6 Å². The minimum Gasteiger partial charge on any atom is -0.451 e. The van der Waals surface area contributed by atoms with Gasteiger partial charge in [0.25, 0.3) is 11.8 Å². The van der Waals surface area contributed by atoms with Gasteiger partial charge in [0.2, 0.25) is 0 Å². The van der Waals surface area contributed by atoms with Crippen LogP contribution in [-0.4, -0.2) is 40.9 Å². The summed E-state index contributed by atoms with van der Waals surface area (Å²) in [4.78, 5) is 24.5. The highest BCUT2D eigenvalue weighted by molar-refractivity contribution is 5.99. The molecule has 0 bridgehead atoms. The monoisotopic (exact) mass is 382 g/mol. The van der Waals surface area contributed by atoms with Crippen LogP contribution in [0.1, 0.15) is 29.8 Å². The number of nitrogens with one attached hydrogen (secondary N) is 2. The molecule has 146 valence electrons. The van der Waals surface area contributed by atoms with Crippen molar-refractivity contribution in [1.29, 1.82) is 0 Å². The number of anilines is 1. The first-order valence-corrected chi connectivity index (χ1v) is 9.41. The SMILES string of the molecule is O=C(NCCCn1cccn1)c1cc2cc(NC(=O)C3CCCO3)ccc2o1. The number of benzene rings is 1. The third-order valence-electron chi connectivity index (χ3n) is 4.64. The molecular formula is C20H22N4O4. The van der Waals surface area contributed by atoms with Crippen molar-refractivity contribution in [2.45, 2.75) is 31.9 Å². The highest BCUT2D eigenvalue weighted by Gasteiger charge is 2.23. The summed E-state index contributed by atoms with van der Waals surface area (Å²) < 4.78 is 12.8. The van der Waals surface area contributed by atoms with Crippen LogP contribution in [0.2, 0.25) is 0 Å². The zero-order valence-electron chi connectivity index (χ0n) is 15.4. The molecule has 0 saturated carbocycles. The van der Waals surface area contributed by atoms with Crippen LogP contribution in [0.3, 0.4) is 0 Å². The molecule has 8 heteroatoms. The third kappa shape index (κ3) is 4.23. The predicted octanol–water partition coefficient (Wildman–Crippen LogP) is 2.57. The molecule has 0 spiro atoms. The fourth-order valence-electron chi connectivity index (χ4n) is 3.20. The molecule has 28 heavy (non-hydrogen) atoms. The minimum atomic E-state index is -0.386. The summed E-state index contributed by atoms with van der Waals surface area (Å²) in [6.45, 7) is 1.89. The van der Waals surface area contributed by atoms with Gasteiger partial charge in [0.1, 0.15) is 11.7 Å². The molecule has 0 radical (unpaired) electrons. The van der Waals surface area contributed by atoms with Gasteiger partial charge in [-0.25, -0.2) is 0 Å². The summed E-state index contributed by atoms with van der Waals surface area (Å²) >= 11 is 0. The smallest absolute Gasteiger partial charge is 0.287 e. The second kappa shape index (κ2) is 8.26. The van der Waals surface area contributed by atoms with Gasteiger partial charge in [-0.2, -0.15) is 5.10 Å². The molecule has 4 rings (SSSR count). The van der Waals surface area contributed by atoms with Crippen LogP contribution in [0.4, 0.5) is 5.69 Å². The molecule has 3 heterocycles. The van der Waals surface area contributed by atoms with Crippen LogP contribution in [0, 0.1) is 0 Å². The highest BCUT2D eigenvalue weighted by Crippen LogP contribution is 2.24. The van der Waals surface area contributed by atoms with Crippen molar-refractivity contribution in [1.82, 2.24) is 15.1 Å². The van der Waals surface area contributed by atoms with Crippen molar-refractivity contribution in [3.05, 3.63) is 48.5 Å². The molecule has 1 saturated heterocycles. The Morgan fingerprint density at radius 2 is 2.21 bits per heavy atom. The molecule has 1 aliphatic rings. The Bertz CT molecular complexity index is 958. The van der Waals surface area contributed by atoms with Gasteiger partial charge in [-0.05, 0) is 49.6 Å². The average molecular weight is 382 g/mol. The molecule has 1 atom stereocenters. The first-order valence-electron chi connectivity index (χ1n) is 9.41. The fourth-order valence-corrected chi connectivity index (χ4v) is 3.20. The number of amides is 2. The van der Waals surface area contributed by atoms with Gasteiger partial charge < -0.3 is 19.8 Å². The number of rotatable bonds is 7. The van der Waals surface area contributed by atoms with Gasteiger partial charge >= 0.3 is 0 Å². The van der Waals surface area contributed by atoms with Gasteiger partial charge in [-0.1, -0.05) is 0 Å². The van der Waals surface area contributed by atoms with Gasteiger partial charge in [-0.3, -0.25) is 14.3 Å². The Hall–Kier alpha value is -3.13. The lowest BCUT2D eigenvalue weighted by molar-refractivity contribution is -0.124. The summed E-state index contributed by atoms with van der Waals surface area (Å²) in [6.07, 6.45) is 5.64. The van der Waals surface area contributed by atoms with Gasteiger partial charge in [0, 0.05) is 43.2 Å². The summed E-state index contributed by atoms with van der Waals surface area (Å²) in [5, 5.41) is 10.6. The number of aryl methyl sites for hydroxylation is 1. The van der Waals surface area contributed by atoms with Gasteiger partial charge in [0.05, 0.1) is 0 Å². The van der Waals surface area contributed by atoms with E-state index in [-0.39, 0.29) is 23.7 Å². The number of hydrogen-bond acceptors (Lipinski definition) is 5. The third-order valence-corrected chi connectivity index (χ3v) is 4.64. The number of carbonyl (C=O) groups excluding carboxylic acids is 2. The van der Waals surface area contributed by atoms with E-state index in [1.165, 1.54) is 0 Å². The van der Waals surface area contributed by atoms with Crippen molar-refractivity contribution in [2.24, 2.45) is 0 Å². The summed E-state index contributed by atoms with van der Waals surface area (Å²) in [6, 6.07) is 8.84. The van der Waals surface area contributed by atoms with Crippen molar-refractivity contribution in [3.8, 4) is 0 Å². The predicted molar refractivity (Wildman–Crippen MR) is 103 cm³/mol. The van der Waals surface area contributed by atoms with E-state index in [0.29, 0.717) is 24.4 Å². The number of nitrogens with zero attached hydrogens (tertiary/aromatic N) is 2.